The third-order valence-electron chi connectivity index (χ3n) is 5.19. The molecule has 3 heterocycles. The van der Waals surface area contributed by atoms with Crippen molar-refractivity contribution >= 4 is 22.8 Å². The minimum absolute atomic E-state index is 0.0329. The van der Waals surface area contributed by atoms with E-state index in [2.05, 4.69) is 17.0 Å². The van der Waals surface area contributed by atoms with E-state index in [0.717, 1.165) is 17.5 Å². The Balaban J connectivity index is 1.59. The van der Waals surface area contributed by atoms with Crippen LogP contribution in [0.2, 0.25) is 0 Å². The summed E-state index contributed by atoms with van der Waals surface area (Å²) in [5, 5.41) is 4.07. The van der Waals surface area contributed by atoms with Gasteiger partial charge in [0.15, 0.2) is 5.82 Å². The smallest absolute Gasteiger partial charge is 0.294 e. The maximum absolute atomic E-state index is 13.1. The SMILES string of the molecule is CCCn1c(=O)c(N2CCN(C(=O)c3ccnn3C)CC2)nc2ccccc21. The van der Waals surface area contributed by atoms with Gasteiger partial charge in [-0.2, -0.15) is 5.10 Å². The highest BCUT2D eigenvalue weighted by Gasteiger charge is 2.26. The fourth-order valence-corrected chi connectivity index (χ4v) is 3.70. The molecule has 0 atom stereocenters. The number of benzene rings is 1. The summed E-state index contributed by atoms with van der Waals surface area (Å²) in [6.45, 7) is 4.97. The number of hydrogen-bond acceptors (Lipinski definition) is 5. The quantitative estimate of drug-likeness (QED) is 0.686. The molecule has 0 N–H and O–H groups in total. The van der Waals surface area contributed by atoms with Crippen LogP contribution in [0.5, 0.6) is 0 Å². The Hall–Kier alpha value is -3.16. The molecule has 0 saturated carbocycles. The van der Waals surface area contributed by atoms with E-state index in [1.54, 1.807) is 28.9 Å². The predicted molar refractivity (Wildman–Crippen MR) is 108 cm³/mol. The molecule has 1 fully saturated rings. The standard InChI is InChI=1S/C20H24N6O2/c1-3-10-26-16-7-5-4-6-15(16)22-18(20(26)28)24-11-13-25(14-12-24)19(27)17-8-9-21-23(17)2/h4-9H,3,10-14H2,1-2H3. The lowest BCUT2D eigenvalue weighted by Crippen LogP contribution is -2.51. The van der Waals surface area contributed by atoms with Crippen molar-refractivity contribution in [3.63, 3.8) is 0 Å². The normalized spacial score (nSPS) is 14.6. The van der Waals surface area contributed by atoms with Gasteiger partial charge in [-0.3, -0.25) is 14.3 Å². The van der Waals surface area contributed by atoms with Crippen molar-refractivity contribution < 1.29 is 4.79 Å². The number of carbonyl (C=O) groups excluding carboxylic acids is 1. The van der Waals surface area contributed by atoms with E-state index in [1.165, 1.54) is 0 Å². The predicted octanol–water partition coefficient (Wildman–Crippen LogP) is 1.50. The molecule has 8 nitrogen and oxygen atoms in total. The van der Waals surface area contributed by atoms with Gasteiger partial charge in [0.2, 0.25) is 0 Å². The summed E-state index contributed by atoms with van der Waals surface area (Å²) >= 11 is 0. The topological polar surface area (TPSA) is 76.3 Å². The van der Waals surface area contributed by atoms with E-state index < -0.39 is 0 Å². The maximum Gasteiger partial charge on any atom is 0.294 e. The zero-order valence-electron chi connectivity index (χ0n) is 16.2. The van der Waals surface area contributed by atoms with Crippen LogP contribution in [-0.2, 0) is 13.6 Å². The molecule has 0 bridgehead atoms. The molecule has 8 heteroatoms. The van der Waals surface area contributed by atoms with E-state index >= 15 is 0 Å². The number of carbonyl (C=O) groups is 1. The number of fused-ring (bicyclic) bond motifs is 1. The maximum atomic E-state index is 13.1. The third-order valence-corrected chi connectivity index (χ3v) is 5.19. The van der Waals surface area contributed by atoms with Gasteiger partial charge in [0, 0.05) is 46.0 Å². The molecule has 2 aromatic heterocycles. The van der Waals surface area contributed by atoms with Crippen LogP contribution in [0, 0.1) is 0 Å². The Bertz CT molecular complexity index is 1060. The van der Waals surface area contributed by atoms with Crippen LogP contribution in [0.3, 0.4) is 0 Å². The number of piperazine rings is 1. The molecule has 0 unspecified atom stereocenters. The highest BCUT2D eigenvalue weighted by Crippen LogP contribution is 2.17. The lowest BCUT2D eigenvalue weighted by molar-refractivity contribution is 0.0735. The number of aryl methyl sites for hydroxylation is 2. The summed E-state index contributed by atoms with van der Waals surface area (Å²) in [5.41, 5.74) is 2.19. The highest BCUT2D eigenvalue weighted by atomic mass is 16.2. The molecule has 1 aromatic carbocycles. The van der Waals surface area contributed by atoms with Gasteiger partial charge in [-0.05, 0) is 24.6 Å². The second kappa shape index (κ2) is 7.46. The van der Waals surface area contributed by atoms with Crippen LogP contribution >= 0.6 is 0 Å². The molecule has 1 saturated heterocycles. The number of aromatic nitrogens is 4. The fraction of sp³-hybridized carbons (Fsp3) is 0.400. The molecule has 1 aliphatic heterocycles. The Morgan fingerprint density at radius 2 is 1.86 bits per heavy atom. The van der Waals surface area contributed by atoms with E-state index in [9.17, 15) is 9.59 Å². The molecule has 146 valence electrons. The molecular weight excluding hydrogens is 356 g/mol. The molecular formula is C20H24N6O2. The van der Waals surface area contributed by atoms with Gasteiger partial charge in [0.1, 0.15) is 5.69 Å². The summed E-state index contributed by atoms with van der Waals surface area (Å²) in [7, 11) is 1.76. The van der Waals surface area contributed by atoms with Crippen molar-refractivity contribution in [2.24, 2.45) is 7.05 Å². The first-order chi connectivity index (χ1) is 13.6. The van der Waals surface area contributed by atoms with Gasteiger partial charge < -0.3 is 14.4 Å². The van der Waals surface area contributed by atoms with Crippen molar-refractivity contribution in [1.29, 1.82) is 0 Å². The van der Waals surface area contributed by atoms with Gasteiger partial charge >= 0.3 is 0 Å². The van der Waals surface area contributed by atoms with Crippen LogP contribution in [0.15, 0.2) is 41.3 Å². The molecule has 1 amide bonds. The van der Waals surface area contributed by atoms with Gasteiger partial charge in [-0.1, -0.05) is 19.1 Å². The Labute approximate surface area is 163 Å². The van der Waals surface area contributed by atoms with E-state index in [0.29, 0.717) is 44.2 Å². The highest BCUT2D eigenvalue weighted by molar-refractivity contribution is 5.92. The number of anilines is 1. The first-order valence-corrected chi connectivity index (χ1v) is 9.62. The molecule has 28 heavy (non-hydrogen) atoms. The first kappa shape index (κ1) is 18.2. The van der Waals surface area contributed by atoms with Crippen LogP contribution in [-0.4, -0.2) is 56.3 Å². The van der Waals surface area contributed by atoms with Crippen molar-refractivity contribution in [3.8, 4) is 0 Å². The number of amides is 1. The second-order valence-corrected chi connectivity index (χ2v) is 7.00. The summed E-state index contributed by atoms with van der Waals surface area (Å²) < 4.78 is 3.40. The van der Waals surface area contributed by atoms with Gasteiger partial charge in [-0.25, -0.2) is 4.98 Å². The van der Waals surface area contributed by atoms with Gasteiger partial charge in [-0.15, -0.1) is 0 Å². The monoisotopic (exact) mass is 380 g/mol. The van der Waals surface area contributed by atoms with E-state index in [4.69, 9.17) is 0 Å². The van der Waals surface area contributed by atoms with Crippen LogP contribution in [0.4, 0.5) is 5.82 Å². The molecule has 0 spiro atoms. The van der Waals surface area contributed by atoms with E-state index in [-0.39, 0.29) is 11.5 Å². The van der Waals surface area contributed by atoms with Crippen LogP contribution < -0.4 is 10.5 Å². The van der Waals surface area contributed by atoms with Gasteiger partial charge in [0.25, 0.3) is 11.5 Å². The Morgan fingerprint density at radius 3 is 2.54 bits per heavy atom. The average molecular weight is 380 g/mol. The molecule has 0 aliphatic carbocycles. The fourth-order valence-electron chi connectivity index (χ4n) is 3.70. The Kier molecular flexibility index (Phi) is 4.85. The number of para-hydroxylation sites is 2. The molecule has 4 rings (SSSR count). The first-order valence-electron chi connectivity index (χ1n) is 9.62. The summed E-state index contributed by atoms with van der Waals surface area (Å²) in [5.74, 6) is 0.439. The zero-order chi connectivity index (χ0) is 19.7. The minimum Gasteiger partial charge on any atom is -0.348 e. The summed E-state index contributed by atoms with van der Waals surface area (Å²) in [6.07, 6.45) is 2.50. The van der Waals surface area contributed by atoms with Crippen LogP contribution in [0.1, 0.15) is 23.8 Å². The number of nitrogens with zero attached hydrogens (tertiary/aromatic N) is 6. The van der Waals surface area contributed by atoms with Crippen molar-refractivity contribution in [3.05, 3.63) is 52.6 Å². The lowest BCUT2D eigenvalue weighted by Gasteiger charge is -2.35. The minimum atomic E-state index is -0.0630. The number of hydrogen-bond donors (Lipinski definition) is 0. The number of rotatable bonds is 4. The second-order valence-electron chi connectivity index (χ2n) is 7.00. The summed E-state index contributed by atoms with van der Waals surface area (Å²) in [6, 6.07) is 9.46. The van der Waals surface area contributed by atoms with Gasteiger partial charge in [0.05, 0.1) is 11.0 Å². The zero-order valence-corrected chi connectivity index (χ0v) is 16.2. The van der Waals surface area contributed by atoms with E-state index in [1.807, 2.05) is 33.7 Å². The van der Waals surface area contributed by atoms with Crippen molar-refractivity contribution in [2.45, 2.75) is 19.9 Å². The molecule has 0 radical (unpaired) electrons. The molecule has 1 aliphatic rings. The largest absolute Gasteiger partial charge is 0.348 e. The lowest BCUT2D eigenvalue weighted by atomic mass is 10.2. The Morgan fingerprint density at radius 1 is 1.11 bits per heavy atom. The van der Waals surface area contributed by atoms with Crippen molar-refractivity contribution in [1.82, 2.24) is 24.2 Å². The average Bonchev–Trinajstić information content (AvgIpc) is 3.15. The molecule has 3 aromatic rings. The third kappa shape index (κ3) is 3.15. The van der Waals surface area contributed by atoms with Crippen LogP contribution in [0.25, 0.3) is 11.0 Å². The van der Waals surface area contributed by atoms with Crippen molar-refractivity contribution in [2.75, 3.05) is 31.1 Å². The summed E-state index contributed by atoms with van der Waals surface area (Å²) in [4.78, 5) is 34.2.